The molecule has 2 unspecified atom stereocenters. The molecule has 1 aliphatic rings. The minimum absolute atomic E-state index is 0.0490. The maximum Gasteiger partial charge on any atom is 0.414 e. The minimum atomic E-state index is -1.10. The summed E-state index contributed by atoms with van der Waals surface area (Å²) in [7, 11) is 0. The number of hydrogen-bond donors (Lipinski definition) is 4. The quantitative estimate of drug-likeness (QED) is 0.316. The molecule has 0 aliphatic carbocycles. The summed E-state index contributed by atoms with van der Waals surface area (Å²) >= 11 is 0. The molecule has 1 saturated heterocycles. The number of ether oxygens (including phenoxy) is 2. The summed E-state index contributed by atoms with van der Waals surface area (Å²) < 4.78 is 11.1. The molecule has 1 heterocycles. The van der Waals surface area contributed by atoms with E-state index in [-0.39, 0.29) is 31.2 Å². The van der Waals surface area contributed by atoms with Gasteiger partial charge in [0.05, 0.1) is 6.54 Å². The van der Waals surface area contributed by atoms with Crippen molar-refractivity contribution in [2.45, 2.75) is 31.9 Å². The number of carbonyl (C=O) groups excluding carboxylic acids is 2. The Balaban J connectivity index is 1.53. The second-order valence-corrected chi connectivity index (χ2v) is 7.55. The van der Waals surface area contributed by atoms with E-state index in [1.54, 1.807) is 55.5 Å². The van der Waals surface area contributed by atoms with Crippen LogP contribution in [0.25, 0.3) is 0 Å². The number of cyclic esters (lactones) is 1. The van der Waals surface area contributed by atoms with Crippen LogP contribution in [-0.2, 0) is 20.7 Å². The summed E-state index contributed by atoms with van der Waals surface area (Å²) in [5.41, 5.74) is 7.39. The highest BCUT2D eigenvalue weighted by molar-refractivity contribution is 5.96. The van der Waals surface area contributed by atoms with E-state index in [0.29, 0.717) is 23.5 Å². The zero-order valence-corrected chi connectivity index (χ0v) is 18.1. The molecule has 0 radical (unpaired) electrons. The Labute approximate surface area is 190 Å². The predicted octanol–water partition coefficient (Wildman–Crippen LogP) is 1.90. The largest absolute Gasteiger partial charge is 0.490 e. The van der Waals surface area contributed by atoms with E-state index < -0.39 is 24.2 Å². The first kappa shape index (κ1) is 23.6. The third-order valence-electron chi connectivity index (χ3n) is 5.12. The van der Waals surface area contributed by atoms with Crippen LogP contribution in [0, 0.1) is 5.41 Å². The van der Waals surface area contributed by atoms with E-state index in [9.17, 15) is 19.5 Å². The number of rotatable bonds is 10. The molecule has 2 amide bonds. The molecule has 2 aromatic rings. The molecule has 33 heavy (non-hydrogen) atoms. The number of hydrogen-bond acceptors (Lipinski definition) is 6. The van der Waals surface area contributed by atoms with Crippen molar-refractivity contribution in [3.05, 3.63) is 59.7 Å². The third-order valence-corrected chi connectivity index (χ3v) is 5.12. The second-order valence-electron chi connectivity index (χ2n) is 7.55. The lowest BCUT2D eigenvalue weighted by molar-refractivity contribution is -0.141. The predicted molar refractivity (Wildman–Crippen MR) is 121 cm³/mol. The zero-order chi connectivity index (χ0) is 24.0. The van der Waals surface area contributed by atoms with Crippen molar-refractivity contribution < 1.29 is 29.0 Å². The van der Waals surface area contributed by atoms with Crippen molar-refractivity contribution in [3.63, 3.8) is 0 Å². The fourth-order valence-electron chi connectivity index (χ4n) is 3.28. The summed E-state index contributed by atoms with van der Waals surface area (Å²) in [6.07, 6.45) is -0.587. The Morgan fingerprint density at radius 2 is 1.91 bits per heavy atom. The van der Waals surface area contributed by atoms with Crippen LogP contribution in [-0.4, -0.2) is 54.2 Å². The highest BCUT2D eigenvalue weighted by Gasteiger charge is 2.32. The van der Waals surface area contributed by atoms with Gasteiger partial charge in [0, 0.05) is 24.1 Å². The van der Waals surface area contributed by atoms with E-state index in [4.69, 9.17) is 20.6 Å². The second kappa shape index (κ2) is 10.5. The lowest BCUT2D eigenvalue weighted by Gasteiger charge is -2.15. The number of carboxylic acid groups (broad SMARTS) is 1. The van der Waals surface area contributed by atoms with Crippen molar-refractivity contribution in [2.24, 2.45) is 5.73 Å². The number of carbonyl (C=O) groups is 3. The molecule has 2 aromatic carbocycles. The van der Waals surface area contributed by atoms with Gasteiger partial charge in [-0.25, -0.2) is 9.59 Å². The van der Waals surface area contributed by atoms with Crippen LogP contribution >= 0.6 is 0 Å². The van der Waals surface area contributed by atoms with Crippen LogP contribution in [0.15, 0.2) is 48.5 Å². The highest BCUT2D eigenvalue weighted by atomic mass is 16.6. The standard InChI is InChI=1S/C23H26N4O6/c1-2-20(28)26-19(22(29)30)11-14-3-9-17(10-4-14)32-13-18-12-27(23(31)33-18)16-7-5-15(6-8-16)21(24)25/h3-10,18-19H,2,11-13H2,1H3,(H3,24,25)(H,26,28)(H,29,30). The van der Waals surface area contributed by atoms with Gasteiger partial charge in [0.2, 0.25) is 5.91 Å². The number of carboxylic acids is 1. The molecule has 0 bridgehead atoms. The Morgan fingerprint density at radius 1 is 1.24 bits per heavy atom. The number of nitrogens with zero attached hydrogens (tertiary/aromatic N) is 1. The Morgan fingerprint density at radius 3 is 2.48 bits per heavy atom. The van der Waals surface area contributed by atoms with Gasteiger partial charge in [-0.15, -0.1) is 0 Å². The molecule has 10 nitrogen and oxygen atoms in total. The first-order valence-electron chi connectivity index (χ1n) is 10.4. The molecule has 1 fully saturated rings. The van der Waals surface area contributed by atoms with Gasteiger partial charge >= 0.3 is 12.1 Å². The number of amides is 2. The average molecular weight is 454 g/mol. The molecule has 0 saturated carbocycles. The molecule has 0 aromatic heterocycles. The van der Waals surface area contributed by atoms with Gasteiger partial charge in [-0.05, 0) is 42.0 Å². The summed E-state index contributed by atoms with van der Waals surface area (Å²) in [5.74, 6) is -0.923. The molecule has 174 valence electrons. The number of nitrogens with one attached hydrogen (secondary N) is 2. The van der Waals surface area contributed by atoms with E-state index in [0.717, 1.165) is 5.56 Å². The van der Waals surface area contributed by atoms with Crippen molar-refractivity contribution in [3.8, 4) is 5.75 Å². The fourth-order valence-corrected chi connectivity index (χ4v) is 3.28. The van der Waals surface area contributed by atoms with E-state index in [1.165, 1.54) is 4.90 Å². The average Bonchev–Trinajstić information content (AvgIpc) is 3.18. The lowest BCUT2D eigenvalue weighted by atomic mass is 10.1. The van der Waals surface area contributed by atoms with Gasteiger partial charge in [-0.2, -0.15) is 0 Å². The van der Waals surface area contributed by atoms with E-state index in [1.807, 2.05) is 0 Å². The SMILES string of the molecule is CCC(=O)NC(Cc1ccc(OCC2CN(c3ccc(C(=N)N)cc3)C(=O)O2)cc1)C(=O)O. The number of amidine groups is 1. The zero-order valence-electron chi connectivity index (χ0n) is 18.1. The molecular weight excluding hydrogens is 428 g/mol. The lowest BCUT2D eigenvalue weighted by Crippen LogP contribution is -2.42. The van der Waals surface area contributed by atoms with Crippen LogP contribution in [0.2, 0.25) is 0 Å². The van der Waals surface area contributed by atoms with Crippen LogP contribution in [0.5, 0.6) is 5.75 Å². The first-order chi connectivity index (χ1) is 15.8. The highest BCUT2D eigenvalue weighted by Crippen LogP contribution is 2.23. The first-order valence-corrected chi connectivity index (χ1v) is 10.4. The van der Waals surface area contributed by atoms with Crippen LogP contribution < -0.4 is 20.7 Å². The molecule has 5 N–H and O–H groups in total. The van der Waals surface area contributed by atoms with Crippen molar-refractivity contribution >= 4 is 29.5 Å². The molecule has 10 heteroatoms. The topological polar surface area (TPSA) is 155 Å². The van der Waals surface area contributed by atoms with Gasteiger partial charge in [0.15, 0.2) is 6.10 Å². The molecule has 3 rings (SSSR count). The van der Waals surface area contributed by atoms with Crippen molar-refractivity contribution in [1.29, 1.82) is 5.41 Å². The third kappa shape index (κ3) is 6.22. The molecule has 0 spiro atoms. The minimum Gasteiger partial charge on any atom is -0.490 e. The molecule has 2 atom stereocenters. The smallest absolute Gasteiger partial charge is 0.414 e. The Bertz CT molecular complexity index is 1020. The van der Waals surface area contributed by atoms with Gasteiger partial charge in [0.1, 0.15) is 24.2 Å². The van der Waals surface area contributed by atoms with Gasteiger partial charge in [0.25, 0.3) is 0 Å². The van der Waals surface area contributed by atoms with E-state index >= 15 is 0 Å². The number of anilines is 1. The molecule has 1 aliphatic heterocycles. The normalized spacial score (nSPS) is 16.1. The van der Waals surface area contributed by atoms with E-state index in [2.05, 4.69) is 5.32 Å². The number of nitrogen functional groups attached to an aromatic ring is 1. The summed E-state index contributed by atoms with van der Waals surface area (Å²) in [4.78, 5) is 36.6. The fraction of sp³-hybridized carbons (Fsp3) is 0.304. The van der Waals surface area contributed by atoms with Gasteiger partial charge in [-0.1, -0.05) is 19.1 Å². The maximum atomic E-state index is 12.2. The van der Waals surface area contributed by atoms with Crippen LogP contribution in [0.4, 0.5) is 10.5 Å². The van der Waals surface area contributed by atoms with Crippen molar-refractivity contribution in [2.75, 3.05) is 18.1 Å². The summed E-state index contributed by atoms with van der Waals surface area (Å²) in [6.45, 7) is 2.12. The van der Waals surface area contributed by atoms with Crippen molar-refractivity contribution in [1.82, 2.24) is 5.32 Å². The number of benzene rings is 2. The maximum absolute atomic E-state index is 12.2. The molecular formula is C23H26N4O6. The van der Waals surface area contributed by atoms with Gasteiger partial charge < -0.3 is 25.6 Å². The summed E-state index contributed by atoms with van der Waals surface area (Å²) in [6, 6.07) is 12.6. The Hall–Kier alpha value is -4.08. The summed E-state index contributed by atoms with van der Waals surface area (Å²) in [5, 5.41) is 19.2. The number of aliphatic carboxylic acids is 1. The Kier molecular flexibility index (Phi) is 7.50. The number of nitrogens with two attached hydrogens (primary N) is 1. The monoisotopic (exact) mass is 454 g/mol. The van der Waals surface area contributed by atoms with Crippen LogP contribution in [0.3, 0.4) is 0 Å². The van der Waals surface area contributed by atoms with Gasteiger partial charge in [-0.3, -0.25) is 15.1 Å². The van der Waals surface area contributed by atoms with Crippen LogP contribution in [0.1, 0.15) is 24.5 Å².